The van der Waals surface area contributed by atoms with Gasteiger partial charge in [-0.3, -0.25) is 4.68 Å². The van der Waals surface area contributed by atoms with Crippen LogP contribution in [0.1, 0.15) is 25.1 Å². The zero-order valence-electron chi connectivity index (χ0n) is 11.4. The molecule has 1 aromatic heterocycles. The summed E-state index contributed by atoms with van der Waals surface area (Å²) in [4.78, 5) is 0. The number of hydrogen-bond acceptors (Lipinski definition) is 4. The average Bonchev–Trinajstić information content (AvgIpc) is 2.42. The molecule has 1 aromatic rings. The Morgan fingerprint density at radius 1 is 1.44 bits per heavy atom. The van der Waals surface area contributed by atoms with Crippen LogP contribution in [0.5, 0.6) is 0 Å². The van der Waals surface area contributed by atoms with Gasteiger partial charge < -0.3 is 5.32 Å². The average molecular weight is 294 g/mol. The number of aromatic nitrogens is 2. The molecule has 0 saturated heterocycles. The third-order valence-electron chi connectivity index (χ3n) is 3.13. The number of halogens is 1. The Morgan fingerprint density at radius 2 is 2.00 bits per heavy atom. The van der Waals surface area contributed by atoms with Crippen LogP contribution in [0.3, 0.4) is 0 Å². The molecule has 18 heavy (non-hydrogen) atoms. The van der Waals surface area contributed by atoms with Gasteiger partial charge in [0.25, 0.3) is 0 Å². The molecule has 0 aliphatic heterocycles. The van der Waals surface area contributed by atoms with Crippen LogP contribution < -0.4 is 5.32 Å². The quantitative estimate of drug-likeness (QED) is 0.889. The van der Waals surface area contributed by atoms with E-state index in [4.69, 9.17) is 11.6 Å². The van der Waals surface area contributed by atoms with Crippen LogP contribution in [-0.2, 0) is 23.4 Å². The molecule has 1 N–H and O–H groups in total. The molecule has 7 heteroatoms. The van der Waals surface area contributed by atoms with Crippen LogP contribution in [0.25, 0.3) is 0 Å². The van der Waals surface area contributed by atoms with Crippen molar-refractivity contribution >= 4 is 21.4 Å². The minimum atomic E-state index is -3.09. The first-order chi connectivity index (χ1) is 8.06. The van der Waals surface area contributed by atoms with Crippen molar-refractivity contribution in [1.82, 2.24) is 15.1 Å². The molecule has 104 valence electrons. The summed E-state index contributed by atoms with van der Waals surface area (Å²) in [6.07, 6.45) is 1.25. The lowest BCUT2D eigenvalue weighted by atomic mass is 10.2. The molecule has 0 saturated carbocycles. The first-order valence-corrected chi connectivity index (χ1v) is 7.91. The minimum Gasteiger partial charge on any atom is -0.311 e. The number of nitrogens with zero attached hydrogens (tertiary/aromatic N) is 2. The number of nitrogens with one attached hydrogen (secondary N) is 1. The molecule has 1 heterocycles. The van der Waals surface area contributed by atoms with E-state index in [0.717, 1.165) is 11.3 Å². The molecule has 0 unspecified atom stereocenters. The highest BCUT2D eigenvalue weighted by Crippen LogP contribution is 2.19. The topological polar surface area (TPSA) is 64.0 Å². The van der Waals surface area contributed by atoms with E-state index >= 15 is 0 Å². The number of hydrogen-bond donors (Lipinski definition) is 1. The van der Waals surface area contributed by atoms with Crippen LogP contribution in [0.15, 0.2) is 0 Å². The van der Waals surface area contributed by atoms with E-state index in [2.05, 4.69) is 10.4 Å². The van der Waals surface area contributed by atoms with E-state index in [9.17, 15) is 8.42 Å². The molecule has 5 nitrogen and oxygen atoms in total. The van der Waals surface area contributed by atoms with Crippen LogP contribution in [0, 0.1) is 6.92 Å². The van der Waals surface area contributed by atoms with E-state index in [0.29, 0.717) is 18.2 Å². The van der Waals surface area contributed by atoms with Crippen molar-refractivity contribution in [3.05, 3.63) is 16.4 Å². The van der Waals surface area contributed by atoms with Crippen molar-refractivity contribution in [1.29, 1.82) is 0 Å². The predicted molar refractivity (Wildman–Crippen MR) is 73.6 cm³/mol. The molecule has 0 aliphatic carbocycles. The maximum Gasteiger partial charge on any atom is 0.153 e. The lowest BCUT2D eigenvalue weighted by Gasteiger charge is -2.22. The molecular weight excluding hydrogens is 274 g/mol. The van der Waals surface area contributed by atoms with Gasteiger partial charge in [0.15, 0.2) is 9.84 Å². The largest absolute Gasteiger partial charge is 0.311 e. The van der Waals surface area contributed by atoms with Gasteiger partial charge in [-0.25, -0.2) is 8.42 Å². The summed E-state index contributed by atoms with van der Waals surface area (Å²) in [7, 11) is -1.31. The zero-order chi connectivity index (χ0) is 14.1. The fourth-order valence-electron chi connectivity index (χ4n) is 1.49. The van der Waals surface area contributed by atoms with Crippen molar-refractivity contribution < 1.29 is 8.42 Å². The molecule has 0 bridgehead atoms. The zero-order valence-corrected chi connectivity index (χ0v) is 13.0. The molecule has 0 fully saturated rings. The van der Waals surface area contributed by atoms with Gasteiger partial charge in [-0.2, -0.15) is 5.10 Å². The van der Waals surface area contributed by atoms with Gasteiger partial charge in [-0.05, 0) is 20.8 Å². The molecule has 0 atom stereocenters. The molecule has 0 aromatic carbocycles. The first kappa shape index (κ1) is 15.5. The van der Waals surface area contributed by atoms with Crippen LogP contribution in [0.2, 0.25) is 5.15 Å². The number of sulfone groups is 1. The highest BCUT2D eigenvalue weighted by atomic mass is 35.5. The summed E-state index contributed by atoms with van der Waals surface area (Å²) in [5.74, 6) is 0. The van der Waals surface area contributed by atoms with Gasteiger partial charge in [0.2, 0.25) is 0 Å². The Bertz CT molecular complexity index is 535. The molecule has 1 rings (SSSR count). The SMILES string of the molecule is Cc1nn(C)c(Cl)c1CNCC(C)(C)S(C)(=O)=O. The van der Waals surface area contributed by atoms with Crippen molar-refractivity contribution in [2.75, 3.05) is 12.8 Å². The van der Waals surface area contributed by atoms with Crippen LogP contribution in [-0.4, -0.2) is 35.7 Å². The van der Waals surface area contributed by atoms with Gasteiger partial charge >= 0.3 is 0 Å². The number of aryl methyl sites for hydroxylation is 2. The second-order valence-electron chi connectivity index (χ2n) is 5.11. The summed E-state index contributed by atoms with van der Waals surface area (Å²) in [5.41, 5.74) is 1.76. The van der Waals surface area contributed by atoms with Crippen LogP contribution >= 0.6 is 11.6 Å². The van der Waals surface area contributed by atoms with E-state index < -0.39 is 14.6 Å². The Morgan fingerprint density at radius 3 is 2.39 bits per heavy atom. The smallest absolute Gasteiger partial charge is 0.153 e. The number of rotatable bonds is 5. The fourth-order valence-corrected chi connectivity index (χ4v) is 2.10. The monoisotopic (exact) mass is 293 g/mol. The minimum absolute atomic E-state index is 0.372. The second-order valence-corrected chi connectivity index (χ2v) is 8.12. The van der Waals surface area contributed by atoms with E-state index in [1.54, 1.807) is 25.6 Å². The van der Waals surface area contributed by atoms with Gasteiger partial charge in [-0.1, -0.05) is 11.6 Å². The first-order valence-electron chi connectivity index (χ1n) is 5.64. The second kappa shape index (κ2) is 5.19. The molecule has 0 aliphatic rings. The van der Waals surface area contributed by atoms with Gasteiger partial charge in [0.05, 0.1) is 10.4 Å². The molecular formula is C11H20ClN3O2S. The van der Waals surface area contributed by atoms with Crippen molar-refractivity contribution in [3.63, 3.8) is 0 Å². The fraction of sp³-hybridized carbons (Fsp3) is 0.727. The van der Waals surface area contributed by atoms with E-state index in [1.165, 1.54) is 6.26 Å². The van der Waals surface area contributed by atoms with Gasteiger partial charge in [0, 0.05) is 32.0 Å². The Kier molecular flexibility index (Phi) is 4.46. The normalized spacial score (nSPS) is 13.0. The summed E-state index contributed by atoms with van der Waals surface area (Å²) in [6.45, 7) is 6.17. The summed E-state index contributed by atoms with van der Waals surface area (Å²) in [6, 6.07) is 0. The van der Waals surface area contributed by atoms with Crippen molar-refractivity contribution in [3.8, 4) is 0 Å². The van der Waals surface area contributed by atoms with E-state index in [-0.39, 0.29) is 0 Å². The van der Waals surface area contributed by atoms with E-state index in [1.807, 2.05) is 6.92 Å². The maximum atomic E-state index is 11.6. The lowest BCUT2D eigenvalue weighted by molar-refractivity contribution is 0.521. The standard InChI is InChI=1S/C11H20ClN3O2S/c1-8-9(10(12)15(4)14-8)6-13-7-11(2,3)18(5,16)17/h13H,6-7H2,1-5H3. The Hall–Kier alpha value is -0.590. The third kappa shape index (κ3) is 3.24. The van der Waals surface area contributed by atoms with Gasteiger partial charge in [-0.15, -0.1) is 0 Å². The van der Waals surface area contributed by atoms with Crippen molar-refractivity contribution in [2.24, 2.45) is 7.05 Å². The summed E-state index contributed by atoms with van der Waals surface area (Å²) in [5, 5.41) is 7.91. The molecule has 0 radical (unpaired) electrons. The van der Waals surface area contributed by atoms with Gasteiger partial charge in [0.1, 0.15) is 5.15 Å². The highest BCUT2D eigenvalue weighted by Gasteiger charge is 2.29. The van der Waals surface area contributed by atoms with Crippen molar-refractivity contribution in [2.45, 2.75) is 32.1 Å². The molecule has 0 amide bonds. The lowest BCUT2D eigenvalue weighted by Crippen LogP contribution is -2.41. The summed E-state index contributed by atoms with van der Waals surface area (Å²) < 4.78 is 23.9. The highest BCUT2D eigenvalue weighted by molar-refractivity contribution is 7.92. The molecule has 0 spiro atoms. The summed E-state index contributed by atoms with van der Waals surface area (Å²) >= 11 is 6.10. The Labute approximate surface area is 113 Å². The maximum absolute atomic E-state index is 11.6. The predicted octanol–water partition coefficient (Wildman–Crippen LogP) is 1.29. The third-order valence-corrected chi connectivity index (χ3v) is 5.75. The van der Waals surface area contributed by atoms with Crippen LogP contribution in [0.4, 0.5) is 0 Å². The Balaban J connectivity index is 2.68.